The number of carboxylic acids is 1. The van der Waals surface area contributed by atoms with Crippen molar-refractivity contribution in [1.29, 1.82) is 0 Å². The zero-order chi connectivity index (χ0) is 20.8. The Morgan fingerprint density at radius 2 is 2.21 bits per heavy atom. The van der Waals surface area contributed by atoms with Gasteiger partial charge in [-0.05, 0) is 56.7 Å². The number of carboxylic acid groups (broad SMARTS) is 1. The van der Waals surface area contributed by atoms with Crippen LogP contribution in [0.4, 0.5) is 0 Å². The maximum atomic E-state index is 11.0. The summed E-state index contributed by atoms with van der Waals surface area (Å²) in [6, 6.07) is 7.65. The molecule has 0 radical (unpaired) electrons. The summed E-state index contributed by atoms with van der Waals surface area (Å²) in [6.45, 7) is 4.13. The van der Waals surface area contributed by atoms with Crippen molar-refractivity contribution in [3.8, 4) is 17.2 Å². The van der Waals surface area contributed by atoms with E-state index in [9.17, 15) is 4.79 Å². The molecule has 1 fully saturated rings. The van der Waals surface area contributed by atoms with Crippen molar-refractivity contribution >= 4 is 5.97 Å². The van der Waals surface area contributed by atoms with Gasteiger partial charge in [-0.3, -0.25) is 4.79 Å². The normalized spacial score (nSPS) is 20.4. The quantitative estimate of drug-likeness (QED) is 0.619. The summed E-state index contributed by atoms with van der Waals surface area (Å²) in [5.41, 5.74) is 1.70. The van der Waals surface area contributed by atoms with Gasteiger partial charge >= 0.3 is 5.97 Å². The number of benzene rings is 1. The Bertz CT molecular complexity index is 815. The Labute approximate surface area is 172 Å². The van der Waals surface area contributed by atoms with Crippen LogP contribution in [0.2, 0.25) is 0 Å². The van der Waals surface area contributed by atoms with E-state index in [1.165, 1.54) is 0 Å². The van der Waals surface area contributed by atoms with Crippen LogP contribution in [0.5, 0.6) is 5.75 Å². The molecule has 1 aromatic heterocycles. The van der Waals surface area contributed by atoms with E-state index in [0.717, 1.165) is 61.3 Å². The lowest BCUT2D eigenvalue weighted by Gasteiger charge is -2.29. The molecule has 3 rings (SSSR count). The topological polar surface area (TPSA) is 81.8 Å². The predicted octanol–water partition coefficient (Wildman–Crippen LogP) is 5.23. The van der Waals surface area contributed by atoms with Crippen molar-refractivity contribution in [1.82, 2.24) is 4.98 Å². The molecule has 0 amide bonds. The molecule has 158 valence electrons. The molecule has 0 aliphatic heterocycles. The van der Waals surface area contributed by atoms with E-state index >= 15 is 0 Å². The highest BCUT2D eigenvalue weighted by molar-refractivity contribution is 5.69. The highest BCUT2D eigenvalue weighted by atomic mass is 16.5. The monoisotopic (exact) mass is 401 g/mol. The molecule has 6 heteroatoms. The van der Waals surface area contributed by atoms with Gasteiger partial charge in [0.1, 0.15) is 17.2 Å². The molecule has 1 N–H and O–H groups in total. The number of rotatable bonds is 9. The standard InChI is InChI=1S/C23H31NO5/c1-15(23(25)26)10-11-17-6-4-9-20(12-17)28-14-21-16(2)29-22(24-21)18-7-5-8-19(13-18)27-3/h5,7-8,13,15,17,20H,4,6,9-12,14H2,1-3H3,(H,25,26). The molecule has 1 saturated carbocycles. The number of methoxy groups -OCH3 is 1. The van der Waals surface area contributed by atoms with Crippen molar-refractivity contribution in [2.75, 3.05) is 7.11 Å². The third-order valence-electron chi connectivity index (χ3n) is 5.83. The molecular weight excluding hydrogens is 370 g/mol. The number of carbonyl (C=O) groups is 1. The number of ether oxygens (including phenoxy) is 2. The van der Waals surface area contributed by atoms with Gasteiger partial charge in [-0.25, -0.2) is 4.98 Å². The third-order valence-corrected chi connectivity index (χ3v) is 5.83. The third kappa shape index (κ3) is 5.82. The Morgan fingerprint density at radius 3 is 2.97 bits per heavy atom. The summed E-state index contributed by atoms with van der Waals surface area (Å²) < 4.78 is 17.3. The van der Waals surface area contributed by atoms with E-state index in [0.29, 0.717) is 18.4 Å². The van der Waals surface area contributed by atoms with E-state index in [1.807, 2.05) is 31.2 Å². The number of hydrogen-bond acceptors (Lipinski definition) is 5. The molecule has 0 spiro atoms. The minimum absolute atomic E-state index is 0.199. The van der Waals surface area contributed by atoms with Crippen LogP contribution in [0.15, 0.2) is 28.7 Å². The van der Waals surface area contributed by atoms with Gasteiger partial charge < -0.3 is 19.0 Å². The lowest BCUT2D eigenvalue weighted by molar-refractivity contribution is -0.141. The van der Waals surface area contributed by atoms with Crippen LogP contribution in [-0.4, -0.2) is 29.3 Å². The van der Waals surface area contributed by atoms with Gasteiger partial charge in [0.2, 0.25) is 5.89 Å². The van der Waals surface area contributed by atoms with Crippen molar-refractivity contribution in [2.45, 2.75) is 65.1 Å². The van der Waals surface area contributed by atoms with Crippen molar-refractivity contribution in [3.63, 3.8) is 0 Å². The number of hydrogen-bond donors (Lipinski definition) is 1. The number of nitrogens with zero attached hydrogens (tertiary/aromatic N) is 1. The molecule has 0 bridgehead atoms. The SMILES string of the molecule is COc1cccc(-c2nc(COC3CCCC(CCC(C)C(=O)O)C3)c(C)o2)c1. The van der Waals surface area contributed by atoms with Crippen molar-refractivity contribution in [3.05, 3.63) is 35.7 Å². The van der Waals surface area contributed by atoms with Gasteiger partial charge in [0.15, 0.2) is 0 Å². The maximum absolute atomic E-state index is 11.0. The van der Waals surface area contributed by atoms with Crippen LogP contribution < -0.4 is 4.74 Å². The molecule has 1 aliphatic rings. The lowest BCUT2D eigenvalue weighted by atomic mass is 9.83. The molecule has 1 aliphatic carbocycles. The molecule has 1 aromatic carbocycles. The summed E-state index contributed by atoms with van der Waals surface area (Å²) >= 11 is 0. The van der Waals surface area contributed by atoms with Crippen LogP contribution in [0, 0.1) is 18.8 Å². The van der Waals surface area contributed by atoms with Crippen LogP contribution in [0.25, 0.3) is 11.5 Å². The second-order valence-corrected chi connectivity index (χ2v) is 8.04. The summed E-state index contributed by atoms with van der Waals surface area (Å²) in [5.74, 6) is 1.67. The first-order valence-corrected chi connectivity index (χ1v) is 10.4. The number of aryl methyl sites for hydroxylation is 1. The molecule has 2 aromatic rings. The molecule has 1 heterocycles. The highest BCUT2D eigenvalue weighted by Gasteiger charge is 2.24. The molecular formula is C23H31NO5. The van der Waals surface area contributed by atoms with E-state index < -0.39 is 5.97 Å². The fourth-order valence-electron chi connectivity index (χ4n) is 3.90. The molecule has 29 heavy (non-hydrogen) atoms. The maximum Gasteiger partial charge on any atom is 0.306 e. The van der Waals surface area contributed by atoms with Crippen LogP contribution >= 0.6 is 0 Å². The summed E-state index contributed by atoms with van der Waals surface area (Å²) in [4.78, 5) is 15.6. The van der Waals surface area contributed by atoms with E-state index in [4.69, 9.17) is 19.0 Å². The number of oxazole rings is 1. The van der Waals surface area contributed by atoms with E-state index in [-0.39, 0.29) is 12.0 Å². The number of aliphatic carboxylic acids is 1. The first kappa shape index (κ1) is 21.4. The smallest absolute Gasteiger partial charge is 0.306 e. The lowest BCUT2D eigenvalue weighted by Crippen LogP contribution is -2.24. The Kier molecular flexibility index (Phi) is 7.31. The first-order chi connectivity index (χ1) is 14.0. The van der Waals surface area contributed by atoms with Gasteiger partial charge in [0, 0.05) is 5.56 Å². The number of aromatic nitrogens is 1. The molecule has 0 saturated heterocycles. The van der Waals surface area contributed by atoms with Crippen molar-refractivity contribution in [2.24, 2.45) is 11.8 Å². The fourth-order valence-corrected chi connectivity index (χ4v) is 3.90. The van der Waals surface area contributed by atoms with Gasteiger partial charge in [0.25, 0.3) is 0 Å². The Hall–Kier alpha value is -2.34. The summed E-state index contributed by atoms with van der Waals surface area (Å²) in [6.07, 6.45) is 6.22. The van der Waals surface area contributed by atoms with Gasteiger partial charge in [0.05, 0.1) is 25.7 Å². The average molecular weight is 402 g/mol. The van der Waals surface area contributed by atoms with Gasteiger partial charge in [-0.15, -0.1) is 0 Å². The van der Waals surface area contributed by atoms with Gasteiger partial charge in [-0.2, -0.15) is 0 Å². The fraction of sp³-hybridized carbons (Fsp3) is 0.565. The molecule has 3 atom stereocenters. The second kappa shape index (κ2) is 9.92. The summed E-state index contributed by atoms with van der Waals surface area (Å²) in [7, 11) is 1.64. The van der Waals surface area contributed by atoms with Crippen LogP contribution in [0.1, 0.15) is 56.9 Å². The minimum atomic E-state index is -0.707. The second-order valence-electron chi connectivity index (χ2n) is 8.04. The van der Waals surface area contributed by atoms with E-state index in [2.05, 4.69) is 4.98 Å². The van der Waals surface area contributed by atoms with Crippen molar-refractivity contribution < 1.29 is 23.8 Å². The highest BCUT2D eigenvalue weighted by Crippen LogP contribution is 2.32. The first-order valence-electron chi connectivity index (χ1n) is 10.4. The molecule has 3 unspecified atom stereocenters. The largest absolute Gasteiger partial charge is 0.497 e. The Morgan fingerprint density at radius 1 is 1.38 bits per heavy atom. The average Bonchev–Trinajstić information content (AvgIpc) is 3.11. The summed E-state index contributed by atoms with van der Waals surface area (Å²) in [5, 5.41) is 9.07. The van der Waals surface area contributed by atoms with Crippen LogP contribution in [-0.2, 0) is 16.1 Å². The van der Waals surface area contributed by atoms with E-state index in [1.54, 1.807) is 14.0 Å². The zero-order valence-electron chi connectivity index (χ0n) is 17.5. The zero-order valence-corrected chi connectivity index (χ0v) is 17.5. The van der Waals surface area contributed by atoms with Crippen LogP contribution in [0.3, 0.4) is 0 Å². The minimum Gasteiger partial charge on any atom is -0.497 e. The molecule has 6 nitrogen and oxygen atoms in total. The van der Waals surface area contributed by atoms with Gasteiger partial charge in [-0.1, -0.05) is 25.8 Å². The predicted molar refractivity (Wildman–Crippen MR) is 110 cm³/mol. The Balaban J connectivity index is 1.54.